The van der Waals surface area contributed by atoms with Gasteiger partial charge < -0.3 is 4.52 Å². The van der Waals surface area contributed by atoms with Crippen molar-refractivity contribution < 1.29 is 4.52 Å². The molecule has 1 fully saturated rings. The van der Waals surface area contributed by atoms with Crippen LogP contribution in [-0.2, 0) is 6.54 Å². The van der Waals surface area contributed by atoms with Crippen molar-refractivity contribution in [2.24, 2.45) is 0 Å². The zero-order valence-corrected chi connectivity index (χ0v) is 12.5. The number of thiophene rings is 1. The third-order valence-electron chi connectivity index (χ3n) is 3.19. The van der Waals surface area contributed by atoms with E-state index in [1.165, 1.54) is 11.3 Å². The fraction of sp³-hybridized carbons (Fsp3) is 0.500. The maximum absolute atomic E-state index is 5.09. The van der Waals surface area contributed by atoms with Gasteiger partial charge in [-0.1, -0.05) is 5.16 Å². The van der Waals surface area contributed by atoms with Crippen molar-refractivity contribution in [2.75, 3.05) is 6.54 Å². The van der Waals surface area contributed by atoms with Crippen molar-refractivity contribution in [2.45, 2.75) is 32.4 Å². The standard InChI is InChI=1S/C12H14BrN3OS/c1-8-14-12(15-17-8)11-3-2-4-16(11)6-10-5-9(13)7-18-10/h5,7,11H,2-4,6H2,1H3/t11-/m1/s1. The summed E-state index contributed by atoms with van der Waals surface area (Å²) in [7, 11) is 0. The Hall–Kier alpha value is -0.720. The molecule has 0 radical (unpaired) electrons. The van der Waals surface area contributed by atoms with Gasteiger partial charge in [-0.2, -0.15) is 4.98 Å². The summed E-state index contributed by atoms with van der Waals surface area (Å²) in [5, 5.41) is 6.19. The van der Waals surface area contributed by atoms with Gasteiger partial charge in [0, 0.05) is 28.2 Å². The molecule has 1 atom stereocenters. The highest BCUT2D eigenvalue weighted by atomic mass is 79.9. The second kappa shape index (κ2) is 5.11. The Balaban J connectivity index is 1.75. The molecular weight excluding hydrogens is 314 g/mol. The largest absolute Gasteiger partial charge is 0.340 e. The number of hydrogen-bond acceptors (Lipinski definition) is 5. The molecule has 2 aromatic heterocycles. The average molecular weight is 328 g/mol. The number of likely N-dealkylation sites (tertiary alicyclic amines) is 1. The molecule has 6 heteroatoms. The Morgan fingerprint density at radius 3 is 3.17 bits per heavy atom. The summed E-state index contributed by atoms with van der Waals surface area (Å²) >= 11 is 5.28. The zero-order chi connectivity index (χ0) is 12.5. The Bertz CT molecular complexity index is 539. The van der Waals surface area contributed by atoms with Gasteiger partial charge in [-0.3, -0.25) is 4.90 Å². The van der Waals surface area contributed by atoms with Gasteiger partial charge in [0.05, 0.1) is 6.04 Å². The molecule has 0 aromatic carbocycles. The SMILES string of the molecule is Cc1nc([C@H]2CCCN2Cc2cc(Br)cs2)no1. The van der Waals surface area contributed by atoms with E-state index in [1.54, 1.807) is 11.3 Å². The van der Waals surface area contributed by atoms with Gasteiger partial charge in [-0.25, -0.2) is 0 Å². The van der Waals surface area contributed by atoms with Crippen LogP contribution in [0.3, 0.4) is 0 Å². The fourth-order valence-corrected chi connectivity index (χ4v) is 3.87. The number of nitrogens with zero attached hydrogens (tertiary/aromatic N) is 3. The number of hydrogen-bond donors (Lipinski definition) is 0. The van der Waals surface area contributed by atoms with Crippen LogP contribution in [0.25, 0.3) is 0 Å². The van der Waals surface area contributed by atoms with Gasteiger partial charge in [-0.05, 0) is 41.4 Å². The Labute approximate surface area is 118 Å². The molecule has 0 spiro atoms. The summed E-state index contributed by atoms with van der Waals surface area (Å²) in [5.41, 5.74) is 0. The smallest absolute Gasteiger partial charge is 0.223 e. The monoisotopic (exact) mass is 327 g/mol. The zero-order valence-electron chi connectivity index (χ0n) is 10.1. The first-order chi connectivity index (χ1) is 8.72. The van der Waals surface area contributed by atoms with Gasteiger partial charge in [0.2, 0.25) is 5.89 Å². The van der Waals surface area contributed by atoms with Crippen LogP contribution in [0, 0.1) is 6.92 Å². The lowest BCUT2D eigenvalue weighted by molar-refractivity contribution is 0.236. The lowest BCUT2D eigenvalue weighted by Gasteiger charge is -2.20. The molecule has 4 nitrogen and oxygen atoms in total. The molecule has 96 valence electrons. The van der Waals surface area contributed by atoms with Gasteiger partial charge in [-0.15, -0.1) is 11.3 Å². The predicted octanol–water partition coefficient (Wildman–Crippen LogP) is 3.54. The molecule has 0 saturated carbocycles. The van der Waals surface area contributed by atoms with Crippen molar-refractivity contribution in [3.63, 3.8) is 0 Å². The molecule has 1 saturated heterocycles. The van der Waals surface area contributed by atoms with Crippen molar-refractivity contribution in [3.05, 3.63) is 32.5 Å². The van der Waals surface area contributed by atoms with Gasteiger partial charge in [0.1, 0.15) is 0 Å². The molecular formula is C12H14BrN3OS. The molecule has 1 aliphatic rings. The Morgan fingerprint density at radius 2 is 2.50 bits per heavy atom. The first-order valence-corrected chi connectivity index (χ1v) is 7.67. The number of rotatable bonds is 3. The van der Waals surface area contributed by atoms with Crippen LogP contribution in [-0.4, -0.2) is 21.6 Å². The summed E-state index contributed by atoms with van der Waals surface area (Å²) in [6.07, 6.45) is 2.32. The van der Waals surface area contributed by atoms with Crippen LogP contribution in [0.5, 0.6) is 0 Å². The van der Waals surface area contributed by atoms with Crippen molar-refractivity contribution in [1.29, 1.82) is 0 Å². The molecule has 18 heavy (non-hydrogen) atoms. The summed E-state index contributed by atoms with van der Waals surface area (Å²) in [6, 6.07) is 2.49. The van der Waals surface area contributed by atoms with E-state index in [1.807, 2.05) is 6.92 Å². The van der Waals surface area contributed by atoms with Crippen LogP contribution in [0.2, 0.25) is 0 Å². The van der Waals surface area contributed by atoms with Gasteiger partial charge in [0.15, 0.2) is 5.82 Å². The van der Waals surface area contributed by atoms with E-state index in [2.05, 4.69) is 42.4 Å². The van der Waals surface area contributed by atoms with Crippen molar-refractivity contribution in [3.8, 4) is 0 Å². The topological polar surface area (TPSA) is 42.2 Å². The molecule has 3 heterocycles. The van der Waals surface area contributed by atoms with Crippen LogP contribution in [0.4, 0.5) is 0 Å². The third kappa shape index (κ3) is 2.50. The van der Waals surface area contributed by atoms with E-state index in [0.717, 1.165) is 29.8 Å². The van der Waals surface area contributed by atoms with E-state index in [9.17, 15) is 0 Å². The van der Waals surface area contributed by atoms with Crippen LogP contribution < -0.4 is 0 Å². The summed E-state index contributed by atoms with van der Waals surface area (Å²) in [5.74, 6) is 1.48. The second-order valence-corrected chi connectivity index (χ2v) is 6.44. The fourth-order valence-electron chi connectivity index (χ4n) is 2.39. The second-order valence-electron chi connectivity index (χ2n) is 4.53. The first kappa shape index (κ1) is 12.3. The van der Waals surface area contributed by atoms with Crippen molar-refractivity contribution in [1.82, 2.24) is 15.0 Å². The Kier molecular flexibility index (Phi) is 3.50. The van der Waals surface area contributed by atoms with Gasteiger partial charge in [0.25, 0.3) is 0 Å². The quantitative estimate of drug-likeness (QED) is 0.864. The molecule has 1 aliphatic heterocycles. The number of aromatic nitrogens is 2. The summed E-state index contributed by atoms with van der Waals surface area (Å²) in [6.45, 7) is 3.91. The van der Waals surface area contributed by atoms with E-state index < -0.39 is 0 Å². The third-order valence-corrected chi connectivity index (χ3v) is 4.87. The summed E-state index contributed by atoms with van der Waals surface area (Å²) in [4.78, 5) is 8.17. The summed E-state index contributed by atoms with van der Waals surface area (Å²) < 4.78 is 6.25. The van der Waals surface area contributed by atoms with Crippen LogP contribution in [0.1, 0.15) is 35.5 Å². The maximum atomic E-state index is 5.09. The molecule has 0 aliphatic carbocycles. The Morgan fingerprint density at radius 1 is 1.61 bits per heavy atom. The predicted molar refractivity (Wildman–Crippen MR) is 73.4 cm³/mol. The molecule has 0 bridgehead atoms. The minimum atomic E-state index is 0.309. The van der Waals surface area contributed by atoms with Gasteiger partial charge >= 0.3 is 0 Å². The average Bonchev–Trinajstić information content (AvgIpc) is 3.01. The highest BCUT2D eigenvalue weighted by Gasteiger charge is 2.29. The maximum Gasteiger partial charge on any atom is 0.223 e. The molecule has 2 aromatic rings. The highest BCUT2D eigenvalue weighted by molar-refractivity contribution is 9.10. The van der Waals surface area contributed by atoms with E-state index >= 15 is 0 Å². The van der Waals surface area contributed by atoms with E-state index in [-0.39, 0.29) is 0 Å². The normalized spacial score (nSPS) is 20.7. The van der Waals surface area contributed by atoms with Crippen molar-refractivity contribution >= 4 is 27.3 Å². The lowest BCUT2D eigenvalue weighted by atomic mass is 10.2. The molecule has 0 unspecified atom stereocenters. The highest BCUT2D eigenvalue weighted by Crippen LogP contribution is 2.33. The number of aryl methyl sites for hydroxylation is 1. The van der Waals surface area contributed by atoms with E-state index in [0.29, 0.717) is 11.9 Å². The molecule has 3 rings (SSSR count). The first-order valence-electron chi connectivity index (χ1n) is 5.99. The molecule has 0 N–H and O–H groups in total. The minimum absolute atomic E-state index is 0.309. The number of halogens is 1. The van der Waals surface area contributed by atoms with Crippen LogP contribution >= 0.6 is 27.3 Å². The van der Waals surface area contributed by atoms with Crippen LogP contribution in [0.15, 0.2) is 20.4 Å². The lowest BCUT2D eigenvalue weighted by Crippen LogP contribution is -2.23. The molecule has 0 amide bonds. The van der Waals surface area contributed by atoms with E-state index in [4.69, 9.17) is 4.52 Å². The minimum Gasteiger partial charge on any atom is -0.340 e.